The molecule has 2 amide bonds. The molecule has 0 N–H and O–H groups in total. The van der Waals surface area contributed by atoms with Gasteiger partial charge in [-0.15, -0.1) is 0 Å². The number of methoxy groups -OCH3 is 1. The quantitative estimate of drug-likeness (QED) is 0.627. The second-order valence-corrected chi connectivity index (χ2v) is 8.34. The number of hydrogen-bond donors (Lipinski definition) is 0. The van der Waals surface area contributed by atoms with Crippen LogP contribution in [0.25, 0.3) is 0 Å². The summed E-state index contributed by atoms with van der Waals surface area (Å²) < 4.78 is 16.2. The number of hydrogen-bond acceptors (Lipinski definition) is 7. The van der Waals surface area contributed by atoms with Crippen molar-refractivity contribution in [3.05, 3.63) is 29.8 Å². The van der Waals surface area contributed by atoms with Crippen LogP contribution in [0.5, 0.6) is 5.75 Å². The summed E-state index contributed by atoms with van der Waals surface area (Å²) in [6.07, 6.45) is 0. The van der Waals surface area contributed by atoms with Crippen LogP contribution in [0, 0.1) is 5.92 Å². The molecule has 0 spiro atoms. The Hall–Kier alpha value is -2.00. The van der Waals surface area contributed by atoms with E-state index in [2.05, 4.69) is 9.80 Å². The van der Waals surface area contributed by atoms with Crippen LogP contribution >= 0.6 is 0 Å². The van der Waals surface area contributed by atoms with Gasteiger partial charge in [-0.25, -0.2) is 0 Å². The third-order valence-corrected chi connectivity index (χ3v) is 6.63. The zero-order valence-corrected chi connectivity index (χ0v) is 17.8. The van der Waals surface area contributed by atoms with Gasteiger partial charge < -0.3 is 14.2 Å². The van der Waals surface area contributed by atoms with Gasteiger partial charge in [-0.1, -0.05) is 12.1 Å². The summed E-state index contributed by atoms with van der Waals surface area (Å²) in [6, 6.07) is 7.53. The smallest absolute Gasteiger partial charge is 0.241 e. The maximum atomic E-state index is 13.7. The van der Waals surface area contributed by atoms with Gasteiger partial charge in [-0.3, -0.25) is 24.3 Å². The normalized spacial score (nSPS) is 28.9. The third-order valence-electron chi connectivity index (χ3n) is 6.63. The van der Waals surface area contributed by atoms with Crippen molar-refractivity contribution in [2.24, 2.45) is 5.92 Å². The molecule has 30 heavy (non-hydrogen) atoms. The first-order valence-electron chi connectivity index (χ1n) is 10.6. The fourth-order valence-electron chi connectivity index (χ4n) is 4.61. The zero-order chi connectivity index (χ0) is 21.1. The number of likely N-dealkylation sites (tertiary alicyclic amines) is 1. The fourth-order valence-corrected chi connectivity index (χ4v) is 4.61. The van der Waals surface area contributed by atoms with Crippen molar-refractivity contribution in [1.29, 1.82) is 0 Å². The summed E-state index contributed by atoms with van der Waals surface area (Å²) >= 11 is 0. The van der Waals surface area contributed by atoms with E-state index in [0.717, 1.165) is 37.5 Å². The lowest BCUT2D eigenvalue weighted by atomic mass is 9.73. The highest BCUT2D eigenvalue weighted by Gasteiger charge is 2.57. The van der Waals surface area contributed by atoms with Gasteiger partial charge in [0.25, 0.3) is 0 Å². The Bertz CT molecular complexity index is 759. The van der Waals surface area contributed by atoms with Crippen LogP contribution in [0.4, 0.5) is 0 Å². The molecule has 0 bridgehead atoms. The van der Waals surface area contributed by atoms with E-state index >= 15 is 0 Å². The van der Waals surface area contributed by atoms with Crippen LogP contribution in [0.2, 0.25) is 0 Å². The second kappa shape index (κ2) is 9.01. The van der Waals surface area contributed by atoms with Crippen LogP contribution in [-0.4, -0.2) is 99.4 Å². The standard InChI is InChI=1S/C22H31N3O5/c1-22(17-3-5-18(28-2)6-4-17)19(15-23-7-11-29-12-8-23)20(26)25(21(22)27)16-24-9-13-30-14-10-24/h3-6,19H,7-16H2,1-2H3/t19-,22-/m1/s1. The molecule has 1 aromatic carbocycles. The molecule has 3 fully saturated rings. The van der Waals surface area contributed by atoms with Crippen molar-refractivity contribution < 1.29 is 23.8 Å². The maximum Gasteiger partial charge on any atom is 0.241 e. The predicted molar refractivity (Wildman–Crippen MR) is 110 cm³/mol. The van der Waals surface area contributed by atoms with E-state index in [1.807, 2.05) is 31.2 Å². The lowest BCUT2D eigenvalue weighted by molar-refractivity contribution is -0.143. The van der Waals surface area contributed by atoms with Crippen LogP contribution in [0.1, 0.15) is 12.5 Å². The van der Waals surface area contributed by atoms with Gasteiger partial charge in [0.1, 0.15) is 5.75 Å². The molecule has 0 unspecified atom stereocenters. The molecule has 8 nitrogen and oxygen atoms in total. The number of benzene rings is 1. The molecule has 0 aromatic heterocycles. The first-order valence-corrected chi connectivity index (χ1v) is 10.6. The number of carbonyl (C=O) groups excluding carboxylic acids is 2. The average Bonchev–Trinajstić information content (AvgIpc) is 2.97. The Kier molecular flexibility index (Phi) is 6.38. The molecule has 8 heteroatoms. The highest BCUT2D eigenvalue weighted by atomic mass is 16.5. The molecule has 1 aromatic rings. The summed E-state index contributed by atoms with van der Waals surface area (Å²) in [7, 11) is 1.62. The van der Waals surface area contributed by atoms with Crippen LogP contribution < -0.4 is 4.74 Å². The van der Waals surface area contributed by atoms with Crippen LogP contribution in [-0.2, 0) is 24.5 Å². The number of morpholine rings is 2. The zero-order valence-electron chi connectivity index (χ0n) is 17.8. The Balaban J connectivity index is 1.63. The van der Waals surface area contributed by atoms with E-state index < -0.39 is 11.3 Å². The Morgan fingerprint density at radius 1 is 0.967 bits per heavy atom. The molecule has 164 valence electrons. The summed E-state index contributed by atoms with van der Waals surface area (Å²) in [4.78, 5) is 33.0. The van der Waals surface area contributed by atoms with Gasteiger partial charge in [0.05, 0.1) is 51.5 Å². The third kappa shape index (κ3) is 3.97. The van der Waals surface area contributed by atoms with E-state index in [9.17, 15) is 9.59 Å². The van der Waals surface area contributed by atoms with Crippen molar-refractivity contribution in [3.63, 3.8) is 0 Å². The van der Waals surface area contributed by atoms with E-state index in [1.165, 1.54) is 4.90 Å². The van der Waals surface area contributed by atoms with Gasteiger partial charge in [-0.2, -0.15) is 0 Å². The minimum atomic E-state index is -0.909. The van der Waals surface area contributed by atoms with Gasteiger partial charge >= 0.3 is 0 Å². The highest BCUT2D eigenvalue weighted by molar-refractivity contribution is 6.10. The van der Waals surface area contributed by atoms with Gasteiger partial charge in [-0.05, 0) is 24.6 Å². The molecule has 3 aliphatic heterocycles. The van der Waals surface area contributed by atoms with E-state index in [4.69, 9.17) is 14.2 Å². The summed E-state index contributed by atoms with van der Waals surface area (Å²) in [6.45, 7) is 8.38. The number of ether oxygens (including phenoxy) is 3. The molecular weight excluding hydrogens is 386 g/mol. The Morgan fingerprint density at radius 2 is 1.53 bits per heavy atom. The van der Waals surface area contributed by atoms with E-state index in [0.29, 0.717) is 39.6 Å². The van der Waals surface area contributed by atoms with Crippen molar-refractivity contribution >= 4 is 11.8 Å². The SMILES string of the molecule is COc1ccc([C@@]2(C)C(=O)N(CN3CCOCC3)C(=O)[C@H]2CN2CCOCC2)cc1. The van der Waals surface area contributed by atoms with Gasteiger partial charge in [0.2, 0.25) is 11.8 Å². The summed E-state index contributed by atoms with van der Waals surface area (Å²) in [5.74, 6) is 0.0882. The minimum absolute atomic E-state index is 0.0868. The topological polar surface area (TPSA) is 71.6 Å². The molecule has 3 aliphatic rings. The van der Waals surface area contributed by atoms with Crippen molar-refractivity contribution in [3.8, 4) is 5.75 Å². The van der Waals surface area contributed by atoms with Gasteiger partial charge in [0.15, 0.2) is 0 Å². The first-order chi connectivity index (χ1) is 14.5. The molecule has 3 saturated heterocycles. The number of amides is 2. The maximum absolute atomic E-state index is 13.7. The molecule has 0 radical (unpaired) electrons. The van der Waals surface area contributed by atoms with Crippen molar-refractivity contribution in [1.82, 2.24) is 14.7 Å². The first kappa shape index (κ1) is 21.2. The minimum Gasteiger partial charge on any atom is -0.497 e. The lowest BCUT2D eigenvalue weighted by Crippen LogP contribution is -2.47. The average molecular weight is 418 g/mol. The van der Waals surface area contributed by atoms with Crippen molar-refractivity contribution in [2.45, 2.75) is 12.3 Å². The van der Waals surface area contributed by atoms with Crippen molar-refractivity contribution in [2.75, 3.05) is 72.9 Å². The fraction of sp³-hybridized carbons (Fsp3) is 0.636. The second-order valence-electron chi connectivity index (χ2n) is 8.34. The lowest BCUT2D eigenvalue weighted by Gasteiger charge is -2.34. The predicted octanol–water partition coefficient (Wildman–Crippen LogP) is 0.560. The van der Waals surface area contributed by atoms with Crippen LogP contribution in [0.3, 0.4) is 0 Å². The number of nitrogens with zero attached hydrogens (tertiary/aromatic N) is 3. The van der Waals surface area contributed by atoms with E-state index in [1.54, 1.807) is 7.11 Å². The largest absolute Gasteiger partial charge is 0.497 e. The number of carbonyl (C=O) groups is 2. The van der Waals surface area contributed by atoms with Crippen LogP contribution in [0.15, 0.2) is 24.3 Å². The van der Waals surface area contributed by atoms with E-state index in [-0.39, 0.29) is 11.8 Å². The number of imide groups is 1. The molecule has 2 atom stereocenters. The monoisotopic (exact) mass is 417 g/mol. The number of rotatable bonds is 6. The van der Waals surface area contributed by atoms with Gasteiger partial charge in [0, 0.05) is 32.7 Å². The summed E-state index contributed by atoms with van der Waals surface area (Å²) in [5, 5.41) is 0. The molecule has 0 aliphatic carbocycles. The summed E-state index contributed by atoms with van der Waals surface area (Å²) in [5.41, 5.74) is -0.0575. The molecule has 0 saturated carbocycles. The molecular formula is C22H31N3O5. The molecule has 4 rings (SSSR count). The highest BCUT2D eigenvalue weighted by Crippen LogP contribution is 2.42. The Morgan fingerprint density at radius 3 is 2.10 bits per heavy atom. The Labute approximate surface area is 177 Å². The molecule has 3 heterocycles.